The summed E-state index contributed by atoms with van der Waals surface area (Å²) in [5.41, 5.74) is 0. The van der Waals surface area contributed by atoms with Crippen molar-refractivity contribution in [1.82, 2.24) is 0 Å². The average molecular weight is 276 g/mol. The summed E-state index contributed by atoms with van der Waals surface area (Å²) >= 11 is 0. The maximum atomic E-state index is 9.39. The molecular formula is C15H32O4. The minimum Gasteiger partial charge on any atom is -0.396 e. The molecule has 0 unspecified atom stereocenters. The van der Waals surface area contributed by atoms with Gasteiger partial charge in [0.25, 0.3) is 0 Å². The zero-order valence-electron chi connectivity index (χ0n) is 12.9. The average Bonchev–Trinajstić information content (AvgIpc) is 2.43. The zero-order chi connectivity index (χ0) is 14.3. The van der Waals surface area contributed by atoms with Crippen LogP contribution in [0.3, 0.4) is 0 Å². The second kappa shape index (κ2) is 14.3. The predicted molar refractivity (Wildman–Crippen MR) is 76.9 cm³/mol. The van der Waals surface area contributed by atoms with E-state index in [0.717, 1.165) is 19.3 Å². The smallest absolute Gasteiger partial charge is 0.149 e. The van der Waals surface area contributed by atoms with Crippen LogP contribution in [0.1, 0.15) is 58.8 Å². The number of rotatable bonds is 14. The molecule has 116 valence electrons. The summed E-state index contributed by atoms with van der Waals surface area (Å²) in [6, 6.07) is 0. The largest absolute Gasteiger partial charge is 0.396 e. The summed E-state index contributed by atoms with van der Waals surface area (Å²) in [5.74, 6) is 0.206. The summed E-state index contributed by atoms with van der Waals surface area (Å²) in [7, 11) is 1.59. The van der Waals surface area contributed by atoms with E-state index in [1.54, 1.807) is 7.11 Å². The maximum Gasteiger partial charge on any atom is 0.149 e. The summed E-state index contributed by atoms with van der Waals surface area (Å²) in [6.07, 6.45) is 8.28. The van der Waals surface area contributed by atoms with E-state index in [4.69, 9.17) is 14.2 Å². The van der Waals surface area contributed by atoms with E-state index in [2.05, 4.69) is 13.8 Å². The molecule has 4 nitrogen and oxygen atoms in total. The van der Waals surface area contributed by atoms with Gasteiger partial charge in [0.1, 0.15) is 13.6 Å². The fourth-order valence-corrected chi connectivity index (χ4v) is 2.17. The van der Waals surface area contributed by atoms with Crippen molar-refractivity contribution in [3.05, 3.63) is 0 Å². The molecule has 0 rings (SSSR count). The van der Waals surface area contributed by atoms with Crippen LogP contribution < -0.4 is 0 Å². The van der Waals surface area contributed by atoms with Crippen LogP contribution in [0.15, 0.2) is 0 Å². The van der Waals surface area contributed by atoms with Crippen LogP contribution in [-0.2, 0) is 14.2 Å². The number of unbranched alkanes of at least 4 members (excludes halogenated alkanes) is 4. The summed E-state index contributed by atoms with van der Waals surface area (Å²) < 4.78 is 15.7. The van der Waals surface area contributed by atoms with Gasteiger partial charge in [-0.2, -0.15) is 0 Å². The summed E-state index contributed by atoms with van der Waals surface area (Å²) in [4.78, 5) is 0. The van der Waals surface area contributed by atoms with E-state index < -0.39 is 0 Å². The quantitative estimate of drug-likeness (QED) is 0.390. The van der Waals surface area contributed by atoms with E-state index in [1.165, 1.54) is 25.7 Å². The SMILES string of the molecule is CCCCCCC[C@@H](OCOCOC)[C@@H](CC)CO. The molecule has 1 N–H and O–H groups in total. The van der Waals surface area contributed by atoms with Gasteiger partial charge in [0.2, 0.25) is 0 Å². The van der Waals surface area contributed by atoms with Gasteiger partial charge < -0.3 is 19.3 Å². The molecule has 0 aliphatic carbocycles. The lowest BCUT2D eigenvalue weighted by molar-refractivity contribution is -0.155. The molecule has 0 saturated carbocycles. The van der Waals surface area contributed by atoms with Gasteiger partial charge in [-0.05, 0) is 12.8 Å². The van der Waals surface area contributed by atoms with Crippen molar-refractivity contribution < 1.29 is 19.3 Å². The Morgan fingerprint density at radius 2 is 1.74 bits per heavy atom. The van der Waals surface area contributed by atoms with Crippen molar-refractivity contribution in [2.45, 2.75) is 64.9 Å². The number of aliphatic hydroxyl groups excluding tert-OH is 1. The van der Waals surface area contributed by atoms with Gasteiger partial charge in [-0.15, -0.1) is 0 Å². The van der Waals surface area contributed by atoms with Crippen LogP contribution in [0.5, 0.6) is 0 Å². The van der Waals surface area contributed by atoms with E-state index in [0.29, 0.717) is 0 Å². The maximum absolute atomic E-state index is 9.39. The minimum atomic E-state index is 0.0912. The van der Waals surface area contributed by atoms with Gasteiger partial charge in [-0.3, -0.25) is 0 Å². The third-order valence-electron chi connectivity index (χ3n) is 3.44. The molecule has 0 aromatic rings. The highest BCUT2D eigenvalue weighted by Gasteiger charge is 2.19. The second-order valence-electron chi connectivity index (χ2n) is 4.99. The van der Waals surface area contributed by atoms with Crippen molar-refractivity contribution >= 4 is 0 Å². The summed E-state index contributed by atoms with van der Waals surface area (Å²) in [5, 5.41) is 9.39. The molecule has 2 atom stereocenters. The van der Waals surface area contributed by atoms with E-state index in [1.807, 2.05) is 0 Å². The molecule has 19 heavy (non-hydrogen) atoms. The molecule has 0 amide bonds. The van der Waals surface area contributed by atoms with Crippen molar-refractivity contribution in [1.29, 1.82) is 0 Å². The van der Waals surface area contributed by atoms with Gasteiger partial charge in [-0.25, -0.2) is 0 Å². The molecule has 4 heteroatoms. The van der Waals surface area contributed by atoms with Gasteiger partial charge >= 0.3 is 0 Å². The lowest BCUT2D eigenvalue weighted by Crippen LogP contribution is -2.27. The first-order chi connectivity index (χ1) is 9.29. The number of ether oxygens (including phenoxy) is 3. The predicted octanol–water partition coefficient (Wildman–Crippen LogP) is 3.33. The molecule has 0 radical (unpaired) electrons. The van der Waals surface area contributed by atoms with Crippen LogP contribution in [0.4, 0.5) is 0 Å². The van der Waals surface area contributed by atoms with Crippen molar-refractivity contribution in [2.24, 2.45) is 5.92 Å². The van der Waals surface area contributed by atoms with Gasteiger partial charge in [0.15, 0.2) is 0 Å². The zero-order valence-corrected chi connectivity index (χ0v) is 12.9. The van der Waals surface area contributed by atoms with E-state index in [-0.39, 0.29) is 32.2 Å². The highest BCUT2D eigenvalue weighted by Crippen LogP contribution is 2.19. The lowest BCUT2D eigenvalue weighted by Gasteiger charge is -2.25. The number of hydrogen-bond acceptors (Lipinski definition) is 4. The molecule has 0 heterocycles. The number of hydrogen-bond donors (Lipinski definition) is 1. The van der Waals surface area contributed by atoms with Crippen LogP contribution in [0.2, 0.25) is 0 Å². The van der Waals surface area contributed by atoms with Crippen molar-refractivity contribution in [3.63, 3.8) is 0 Å². The Labute approximate surface area is 118 Å². The van der Waals surface area contributed by atoms with Gasteiger partial charge in [-0.1, -0.05) is 46.0 Å². The third kappa shape index (κ3) is 10.3. The van der Waals surface area contributed by atoms with Crippen molar-refractivity contribution in [3.8, 4) is 0 Å². The molecule has 0 aromatic heterocycles. The molecule has 0 fully saturated rings. The monoisotopic (exact) mass is 276 g/mol. The van der Waals surface area contributed by atoms with Gasteiger partial charge in [0, 0.05) is 19.6 Å². The Kier molecular flexibility index (Phi) is 14.1. The van der Waals surface area contributed by atoms with Crippen LogP contribution >= 0.6 is 0 Å². The first kappa shape index (κ1) is 18.8. The lowest BCUT2D eigenvalue weighted by atomic mass is 9.95. The first-order valence-electron chi connectivity index (χ1n) is 7.59. The molecule has 0 aliphatic heterocycles. The fourth-order valence-electron chi connectivity index (χ4n) is 2.17. The second-order valence-corrected chi connectivity index (χ2v) is 4.99. The molecular weight excluding hydrogens is 244 g/mol. The third-order valence-corrected chi connectivity index (χ3v) is 3.44. The Balaban J connectivity index is 3.89. The van der Waals surface area contributed by atoms with Crippen LogP contribution in [0.25, 0.3) is 0 Å². The number of methoxy groups -OCH3 is 1. The molecule has 0 bridgehead atoms. The Morgan fingerprint density at radius 3 is 2.32 bits per heavy atom. The highest BCUT2D eigenvalue weighted by molar-refractivity contribution is 4.68. The van der Waals surface area contributed by atoms with E-state index >= 15 is 0 Å². The first-order valence-corrected chi connectivity index (χ1v) is 7.59. The molecule has 0 aliphatic rings. The fraction of sp³-hybridized carbons (Fsp3) is 1.00. The van der Waals surface area contributed by atoms with Gasteiger partial charge in [0.05, 0.1) is 6.10 Å². The Hall–Kier alpha value is -0.160. The molecule has 0 aromatic carbocycles. The van der Waals surface area contributed by atoms with Crippen LogP contribution in [0, 0.1) is 5.92 Å². The molecule has 0 spiro atoms. The topological polar surface area (TPSA) is 47.9 Å². The number of aliphatic hydroxyl groups is 1. The standard InChI is InChI=1S/C15H32O4/c1-4-6-7-8-9-10-15(14(5-2)11-16)19-13-18-12-17-3/h14-16H,4-13H2,1-3H3/t14-,15+/m0/s1. The Bertz CT molecular complexity index is 172. The van der Waals surface area contributed by atoms with Crippen molar-refractivity contribution in [2.75, 3.05) is 27.3 Å². The molecule has 0 saturated heterocycles. The highest BCUT2D eigenvalue weighted by atomic mass is 16.7. The normalized spacial score (nSPS) is 14.5. The van der Waals surface area contributed by atoms with E-state index in [9.17, 15) is 5.11 Å². The Morgan fingerprint density at radius 1 is 1.00 bits per heavy atom. The minimum absolute atomic E-state index is 0.0912. The van der Waals surface area contributed by atoms with Crippen LogP contribution in [-0.4, -0.2) is 38.5 Å². The summed E-state index contributed by atoms with van der Waals surface area (Å²) in [6.45, 7) is 4.98.